The number of hydrogen-bond donors (Lipinski definition) is 0. The van der Waals surface area contributed by atoms with Crippen molar-refractivity contribution >= 4 is 13.7 Å². The summed E-state index contributed by atoms with van der Waals surface area (Å²) >= 11 is 0. The quantitative estimate of drug-likeness (QED) is 0.577. The van der Waals surface area contributed by atoms with E-state index in [-0.39, 0.29) is 7.92 Å². The summed E-state index contributed by atoms with van der Waals surface area (Å²) in [6.07, 6.45) is 2.37. The number of carbonyl (C=O) groups is 1. The van der Waals surface area contributed by atoms with Gasteiger partial charge >= 0.3 is 0 Å². The minimum absolute atomic E-state index is 0.00643. The lowest BCUT2D eigenvalue weighted by atomic mass is 10.3. The highest BCUT2D eigenvalue weighted by molar-refractivity contribution is 7.59. The van der Waals surface area contributed by atoms with Gasteiger partial charge in [0.25, 0.3) is 0 Å². The van der Waals surface area contributed by atoms with Gasteiger partial charge in [0, 0.05) is 5.66 Å². The fourth-order valence-electron chi connectivity index (χ4n) is 1.03. The first-order valence-electron chi connectivity index (χ1n) is 3.88. The number of ketones is 1. The second-order valence-corrected chi connectivity index (χ2v) is 5.72. The zero-order valence-electron chi connectivity index (χ0n) is 7.35. The van der Waals surface area contributed by atoms with E-state index in [0.717, 1.165) is 0 Å². The zero-order valence-corrected chi connectivity index (χ0v) is 8.24. The van der Waals surface area contributed by atoms with E-state index < -0.39 is 0 Å². The lowest BCUT2D eigenvalue weighted by Crippen LogP contribution is -2.12. The Bertz CT molecular complexity index is 108. The Hall–Kier alpha value is 0.100. The average molecular weight is 160 g/mol. The zero-order chi connectivity index (χ0) is 8.15. The first-order valence-corrected chi connectivity index (χ1v) is 5.66. The summed E-state index contributed by atoms with van der Waals surface area (Å²) < 4.78 is 0. The van der Waals surface area contributed by atoms with Crippen molar-refractivity contribution in [1.29, 1.82) is 0 Å². The predicted molar refractivity (Wildman–Crippen MR) is 48.1 cm³/mol. The van der Waals surface area contributed by atoms with Gasteiger partial charge in [-0.2, -0.15) is 0 Å². The van der Waals surface area contributed by atoms with Gasteiger partial charge in [-0.15, -0.1) is 0 Å². The molecule has 0 heterocycles. The second-order valence-electron chi connectivity index (χ2n) is 2.51. The summed E-state index contributed by atoms with van der Waals surface area (Å²) in [6.45, 7) is 8.11. The second kappa shape index (κ2) is 4.85. The van der Waals surface area contributed by atoms with Gasteiger partial charge in [-0.1, -0.05) is 28.7 Å². The van der Waals surface area contributed by atoms with Gasteiger partial charge in [-0.05, 0) is 19.2 Å². The monoisotopic (exact) mass is 160 g/mol. The first-order chi connectivity index (χ1) is 4.63. The SMILES string of the molecule is CCP(CC)C(C)C(C)=O. The van der Waals surface area contributed by atoms with Crippen LogP contribution < -0.4 is 0 Å². The third-order valence-electron chi connectivity index (χ3n) is 1.95. The highest BCUT2D eigenvalue weighted by Gasteiger charge is 2.15. The molecule has 0 aliphatic heterocycles. The smallest absolute Gasteiger partial charge is 0.136 e. The van der Waals surface area contributed by atoms with Crippen molar-refractivity contribution < 1.29 is 4.79 Å². The summed E-state index contributed by atoms with van der Waals surface area (Å²) in [7, 11) is -0.00643. The van der Waals surface area contributed by atoms with Crippen LogP contribution in [0.4, 0.5) is 0 Å². The molecule has 0 aromatic rings. The molecule has 0 aliphatic rings. The van der Waals surface area contributed by atoms with Crippen molar-refractivity contribution in [1.82, 2.24) is 0 Å². The van der Waals surface area contributed by atoms with Crippen molar-refractivity contribution in [2.75, 3.05) is 12.3 Å². The lowest BCUT2D eigenvalue weighted by molar-refractivity contribution is -0.116. The molecule has 0 saturated carbocycles. The molecule has 0 aromatic carbocycles. The molecule has 0 spiro atoms. The van der Waals surface area contributed by atoms with E-state index in [4.69, 9.17) is 0 Å². The molecular weight excluding hydrogens is 143 g/mol. The Balaban J connectivity index is 3.88. The maximum absolute atomic E-state index is 10.9. The van der Waals surface area contributed by atoms with Crippen molar-refractivity contribution in [2.45, 2.75) is 33.4 Å². The van der Waals surface area contributed by atoms with Crippen LogP contribution in [0.3, 0.4) is 0 Å². The summed E-state index contributed by atoms with van der Waals surface area (Å²) in [4.78, 5) is 10.9. The Morgan fingerprint density at radius 3 is 1.90 bits per heavy atom. The fraction of sp³-hybridized carbons (Fsp3) is 0.875. The van der Waals surface area contributed by atoms with E-state index in [1.165, 1.54) is 12.3 Å². The third kappa shape index (κ3) is 2.79. The molecule has 0 amide bonds. The first kappa shape index (κ1) is 10.1. The van der Waals surface area contributed by atoms with Crippen molar-refractivity contribution in [3.8, 4) is 0 Å². The lowest BCUT2D eigenvalue weighted by Gasteiger charge is -2.18. The molecular formula is C8H17OP. The molecule has 60 valence electrons. The van der Waals surface area contributed by atoms with Crippen molar-refractivity contribution in [2.24, 2.45) is 0 Å². The molecule has 1 atom stereocenters. The Labute approximate surface area is 65.0 Å². The standard InChI is InChI=1S/C8H17OP/c1-5-10(6-2)8(4)7(3)9/h8H,5-6H2,1-4H3. The van der Waals surface area contributed by atoms with Crippen LogP contribution in [0.15, 0.2) is 0 Å². The van der Waals surface area contributed by atoms with Crippen LogP contribution >= 0.6 is 7.92 Å². The van der Waals surface area contributed by atoms with Crippen LogP contribution in [0.1, 0.15) is 27.7 Å². The molecule has 0 fully saturated rings. The van der Waals surface area contributed by atoms with Crippen molar-refractivity contribution in [3.63, 3.8) is 0 Å². The molecule has 0 bridgehead atoms. The fourth-order valence-corrected chi connectivity index (χ4v) is 3.09. The molecule has 2 heteroatoms. The van der Waals surface area contributed by atoms with Gasteiger partial charge in [-0.25, -0.2) is 0 Å². The molecule has 1 unspecified atom stereocenters. The van der Waals surface area contributed by atoms with Gasteiger partial charge in [0.15, 0.2) is 0 Å². The normalized spacial score (nSPS) is 13.7. The maximum Gasteiger partial charge on any atom is 0.136 e. The Morgan fingerprint density at radius 2 is 1.80 bits per heavy atom. The molecule has 0 saturated heterocycles. The van der Waals surface area contributed by atoms with E-state index in [0.29, 0.717) is 11.4 Å². The summed E-state index contributed by atoms with van der Waals surface area (Å²) in [5, 5.41) is 0. The van der Waals surface area contributed by atoms with Gasteiger partial charge in [0.2, 0.25) is 0 Å². The number of carbonyl (C=O) groups excluding carboxylic acids is 1. The molecule has 0 N–H and O–H groups in total. The minimum atomic E-state index is -0.00643. The third-order valence-corrected chi connectivity index (χ3v) is 5.03. The van der Waals surface area contributed by atoms with Crippen LogP contribution in [-0.4, -0.2) is 23.8 Å². The highest BCUT2D eigenvalue weighted by atomic mass is 31.1. The number of hydrogen-bond acceptors (Lipinski definition) is 1. The molecule has 1 nitrogen and oxygen atoms in total. The maximum atomic E-state index is 10.9. The van der Waals surface area contributed by atoms with Crippen molar-refractivity contribution in [3.05, 3.63) is 0 Å². The minimum Gasteiger partial charge on any atom is -0.299 e. The molecule has 0 aliphatic carbocycles. The topological polar surface area (TPSA) is 17.1 Å². The number of Topliss-reactive ketones (excluding diaryl/α,β-unsaturated/α-hetero) is 1. The summed E-state index contributed by atoms with van der Waals surface area (Å²) in [5.41, 5.74) is 0.324. The summed E-state index contributed by atoms with van der Waals surface area (Å²) in [6, 6.07) is 0. The highest BCUT2D eigenvalue weighted by Crippen LogP contribution is 2.40. The van der Waals surface area contributed by atoms with Crippen LogP contribution in [-0.2, 0) is 4.79 Å². The van der Waals surface area contributed by atoms with Gasteiger partial charge in [0.1, 0.15) is 5.78 Å². The average Bonchev–Trinajstić information content (AvgIpc) is 1.90. The van der Waals surface area contributed by atoms with Crippen LogP contribution in [0, 0.1) is 0 Å². The van der Waals surface area contributed by atoms with E-state index in [2.05, 4.69) is 20.8 Å². The van der Waals surface area contributed by atoms with Gasteiger partial charge in [-0.3, -0.25) is 4.79 Å². The molecule has 0 rings (SSSR count). The van der Waals surface area contributed by atoms with Crippen LogP contribution in [0.25, 0.3) is 0 Å². The van der Waals surface area contributed by atoms with Gasteiger partial charge < -0.3 is 0 Å². The largest absolute Gasteiger partial charge is 0.299 e. The van der Waals surface area contributed by atoms with E-state index in [1.807, 2.05) is 0 Å². The van der Waals surface area contributed by atoms with E-state index in [9.17, 15) is 4.79 Å². The van der Waals surface area contributed by atoms with Crippen LogP contribution in [0.2, 0.25) is 0 Å². The van der Waals surface area contributed by atoms with E-state index in [1.54, 1.807) is 6.92 Å². The Kier molecular flexibility index (Phi) is 4.89. The van der Waals surface area contributed by atoms with Crippen LogP contribution in [0.5, 0.6) is 0 Å². The molecule has 0 radical (unpaired) electrons. The van der Waals surface area contributed by atoms with Gasteiger partial charge in [0.05, 0.1) is 0 Å². The molecule has 0 aromatic heterocycles. The predicted octanol–water partition coefficient (Wildman–Crippen LogP) is 2.49. The number of rotatable bonds is 4. The summed E-state index contributed by atoms with van der Waals surface area (Å²) in [5.74, 6) is 0.356. The molecule has 10 heavy (non-hydrogen) atoms. The Morgan fingerprint density at radius 1 is 1.40 bits per heavy atom. The van der Waals surface area contributed by atoms with E-state index >= 15 is 0 Å².